The second-order valence-electron chi connectivity index (χ2n) is 6.08. The molecule has 27 heavy (non-hydrogen) atoms. The van der Waals surface area contributed by atoms with E-state index in [9.17, 15) is 9.59 Å². The minimum atomic E-state index is -0.466. The summed E-state index contributed by atoms with van der Waals surface area (Å²) in [6, 6.07) is 17.5. The minimum absolute atomic E-state index is 0.261. The van der Waals surface area contributed by atoms with Gasteiger partial charge in [-0.2, -0.15) is 0 Å². The molecule has 1 aliphatic rings. The van der Waals surface area contributed by atoms with Gasteiger partial charge < -0.3 is 24.6 Å². The molecule has 7 heteroatoms. The zero-order valence-corrected chi connectivity index (χ0v) is 15.3. The van der Waals surface area contributed by atoms with E-state index in [1.54, 1.807) is 4.90 Å². The molecule has 0 unspecified atom stereocenters. The number of rotatable bonds is 5. The van der Waals surface area contributed by atoms with Crippen LogP contribution in [0.15, 0.2) is 54.6 Å². The Morgan fingerprint density at radius 1 is 0.963 bits per heavy atom. The lowest BCUT2D eigenvalue weighted by Crippen LogP contribution is -2.49. The van der Waals surface area contributed by atoms with Crippen molar-refractivity contribution in [2.24, 2.45) is 0 Å². The first-order valence-electron chi connectivity index (χ1n) is 8.86. The van der Waals surface area contributed by atoms with Crippen LogP contribution in [0.3, 0.4) is 0 Å². The topological polar surface area (TPSA) is 71.1 Å². The van der Waals surface area contributed by atoms with E-state index >= 15 is 0 Å². The van der Waals surface area contributed by atoms with Crippen LogP contribution in [0.2, 0.25) is 0 Å². The predicted octanol–water partition coefficient (Wildman–Crippen LogP) is 2.48. The molecule has 142 valence electrons. The maximum atomic E-state index is 12.1. The first-order chi connectivity index (χ1) is 13.2. The molecular formula is C20H23N3O4. The van der Waals surface area contributed by atoms with Crippen molar-refractivity contribution in [2.75, 3.05) is 44.7 Å². The Hall–Kier alpha value is -3.22. The summed E-state index contributed by atoms with van der Waals surface area (Å²) in [5.41, 5.74) is 0.986. The number of para-hydroxylation sites is 3. The number of nitrogens with zero attached hydrogens (tertiary/aromatic N) is 2. The Kier molecular flexibility index (Phi) is 6.14. The normalized spacial score (nSPS) is 13.8. The molecule has 0 aliphatic carbocycles. The van der Waals surface area contributed by atoms with Crippen molar-refractivity contribution in [2.45, 2.75) is 0 Å². The number of carbonyl (C=O) groups excluding carboxylic acids is 2. The summed E-state index contributed by atoms with van der Waals surface area (Å²) in [4.78, 5) is 27.0. The Balaban J connectivity index is 1.60. The van der Waals surface area contributed by atoms with Crippen LogP contribution in [-0.2, 0) is 9.53 Å². The van der Waals surface area contributed by atoms with Gasteiger partial charge in [-0.3, -0.25) is 4.79 Å². The molecule has 0 spiro atoms. The molecule has 0 aromatic heterocycles. The summed E-state index contributed by atoms with van der Waals surface area (Å²) < 4.78 is 11.0. The zero-order chi connectivity index (χ0) is 19.1. The number of carbonyl (C=O) groups is 2. The van der Waals surface area contributed by atoms with Gasteiger partial charge in [-0.25, -0.2) is 4.79 Å². The third-order valence-corrected chi connectivity index (χ3v) is 4.32. The summed E-state index contributed by atoms with van der Waals surface area (Å²) in [5, 5.41) is 2.42. The van der Waals surface area contributed by atoms with E-state index in [0.29, 0.717) is 26.2 Å². The number of ether oxygens (including phenoxy) is 2. The predicted molar refractivity (Wildman–Crippen MR) is 102 cm³/mol. The number of likely N-dealkylation sites (N-methyl/N-ethyl adjacent to an activating group) is 1. The van der Waals surface area contributed by atoms with Gasteiger partial charge in [-0.1, -0.05) is 30.3 Å². The molecular weight excluding hydrogens is 346 g/mol. The summed E-state index contributed by atoms with van der Waals surface area (Å²) in [7, 11) is 1.50. The Labute approximate surface area is 158 Å². The number of amides is 2. The van der Waals surface area contributed by atoms with Gasteiger partial charge in [0, 0.05) is 33.2 Å². The van der Waals surface area contributed by atoms with Crippen LogP contribution in [0.5, 0.6) is 11.5 Å². The van der Waals surface area contributed by atoms with Gasteiger partial charge in [0.25, 0.3) is 5.91 Å². The van der Waals surface area contributed by atoms with Crippen molar-refractivity contribution in [3.63, 3.8) is 0 Å². The van der Waals surface area contributed by atoms with Gasteiger partial charge in [0.1, 0.15) is 5.75 Å². The molecule has 2 amide bonds. The zero-order valence-electron chi connectivity index (χ0n) is 15.3. The fourth-order valence-corrected chi connectivity index (χ4v) is 2.84. The monoisotopic (exact) mass is 369 g/mol. The number of anilines is 1. The van der Waals surface area contributed by atoms with Crippen LogP contribution in [0, 0.1) is 0 Å². The highest BCUT2D eigenvalue weighted by atomic mass is 16.6. The van der Waals surface area contributed by atoms with E-state index in [1.165, 1.54) is 7.05 Å². The molecule has 0 atom stereocenters. The van der Waals surface area contributed by atoms with Gasteiger partial charge in [-0.15, -0.1) is 0 Å². The molecule has 2 aromatic rings. The van der Waals surface area contributed by atoms with E-state index in [-0.39, 0.29) is 12.5 Å². The fourth-order valence-electron chi connectivity index (χ4n) is 2.84. The average molecular weight is 369 g/mol. The number of hydrogen-bond acceptors (Lipinski definition) is 5. The average Bonchev–Trinajstić information content (AvgIpc) is 2.73. The summed E-state index contributed by atoms with van der Waals surface area (Å²) in [6.07, 6.45) is -0.466. The molecule has 0 bridgehead atoms. The van der Waals surface area contributed by atoms with Crippen LogP contribution >= 0.6 is 0 Å². The standard InChI is InChI=1S/C20H23N3O4/c1-21-19(24)15-26-20(25)23-13-11-22(12-14-23)17-9-5-6-10-18(17)27-16-7-3-2-4-8-16/h2-10H,11-15H2,1H3,(H,21,24). The molecule has 3 rings (SSSR count). The first kappa shape index (κ1) is 18.6. The molecule has 2 aromatic carbocycles. The lowest BCUT2D eigenvalue weighted by Gasteiger charge is -2.36. The van der Waals surface area contributed by atoms with Crippen LogP contribution in [0.1, 0.15) is 0 Å². The molecule has 1 saturated heterocycles. The van der Waals surface area contributed by atoms with Crippen molar-refractivity contribution in [1.29, 1.82) is 0 Å². The third kappa shape index (κ3) is 4.91. The summed E-state index contributed by atoms with van der Waals surface area (Å²) >= 11 is 0. The number of piperazine rings is 1. The van der Waals surface area contributed by atoms with E-state index < -0.39 is 6.09 Å². The van der Waals surface area contributed by atoms with E-state index in [0.717, 1.165) is 17.2 Å². The molecule has 0 radical (unpaired) electrons. The SMILES string of the molecule is CNC(=O)COC(=O)N1CCN(c2ccccc2Oc2ccccc2)CC1. The Morgan fingerprint density at radius 3 is 2.33 bits per heavy atom. The first-order valence-corrected chi connectivity index (χ1v) is 8.86. The van der Waals surface area contributed by atoms with Crippen molar-refractivity contribution in [3.8, 4) is 11.5 Å². The van der Waals surface area contributed by atoms with Crippen LogP contribution in [0.25, 0.3) is 0 Å². The van der Waals surface area contributed by atoms with Crippen LogP contribution < -0.4 is 15.0 Å². The van der Waals surface area contributed by atoms with Crippen molar-refractivity contribution in [3.05, 3.63) is 54.6 Å². The second kappa shape index (κ2) is 8.93. The highest BCUT2D eigenvalue weighted by Crippen LogP contribution is 2.32. The maximum Gasteiger partial charge on any atom is 0.410 e. The van der Waals surface area contributed by atoms with E-state index in [4.69, 9.17) is 9.47 Å². The minimum Gasteiger partial charge on any atom is -0.455 e. The third-order valence-electron chi connectivity index (χ3n) is 4.32. The van der Waals surface area contributed by atoms with Crippen LogP contribution in [-0.4, -0.2) is 56.7 Å². The second-order valence-corrected chi connectivity index (χ2v) is 6.08. The number of nitrogens with one attached hydrogen (secondary N) is 1. The van der Waals surface area contributed by atoms with Crippen molar-refractivity contribution < 1.29 is 19.1 Å². The van der Waals surface area contributed by atoms with Gasteiger partial charge in [0.05, 0.1) is 5.69 Å². The fraction of sp³-hybridized carbons (Fsp3) is 0.300. The van der Waals surface area contributed by atoms with Crippen LogP contribution in [0.4, 0.5) is 10.5 Å². The molecule has 1 fully saturated rings. The molecule has 7 nitrogen and oxygen atoms in total. The molecule has 1 N–H and O–H groups in total. The van der Waals surface area contributed by atoms with E-state index in [1.807, 2.05) is 54.6 Å². The van der Waals surface area contributed by atoms with Crippen molar-refractivity contribution >= 4 is 17.7 Å². The van der Waals surface area contributed by atoms with Gasteiger partial charge in [-0.05, 0) is 24.3 Å². The van der Waals surface area contributed by atoms with Crippen molar-refractivity contribution in [1.82, 2.24) is 10.2 Å². The largest absolute Gasteiger partial charge is 0.455 e. The summed E-state index contributed by atoms with van der Waals surface area (Å²) in [5.74, 6) is 1.23. The molecule has 1 aliphatic heterocycles. The quantitative estimate of drug-likeness (QED) is 0.877. The maximum absolute atomic E-state index is 12.1. The van der Waals surface area contributed by atoms with Gasteiger partial charge in [0.15, 0.2) is 12.4 Å². The Bertz CT molecular complexity index is 774. The van der Waals surface area contributed by atoms with Gasteiger partial charge >= 0.3 is 6.09 Å². The smallest absolute Gasteiger partial charge is 0.410 e. The summed E-state index contributed by atoms with van der Waals surface area (Å²) in [6.45, 7) is 2.09. The molecule has 1 heterocycles. The molecule has 0 saturated carbocycles. The highest BCUT2D eigenvalue weighted by molar-refractivity contribution is 5.79. The lowest BCUT2D eigenvalue weighted by molar-refractivity contribution is -0.123. The number of benzene rings is 2. The Morgan fingerprint density at radius 2 is 1.63 bits per heavy atom. The van der Waals surface area contributed by atoms with E-state index in [2.05, 4.69) is 10.2 Å². The highest BCUT2D eigenvalue weighted by Gasteiger charge is 2.24. The number of hydrogen-bond donors (Lipinski definition) is 1. The lowest BCUT2D eigenvalue weighted by atomic mass is 10.2. The van der Waals surface area contributed by atoms with Gasteiger partial charge in [0.2, 0.25) is 0 Å².